The van der Waals surface area contributed by atoms with Gasteiger partial charge in [0.15, 0.2) is 0 Å². The summed E-state index contributed by atoms with van der Waals surface area (Å²) in [5, 5.41) is 2.49. The van der Waals surface area contributed by atoms with Gasteiger partial charge in [-0.15, -0.1) is 0 Å². The lowest BCUT2D eigenvalue weighted by molar-refractivity contribution is -0.137. The van der Waals surface area contributed by atoms with Crippen molar-refractivity contribution in [3.05, 3.63) is 65.0 Å². The zero-order valence-corrected chi connectivity index (χ0v) is 17.8. The summed E-state index contributed by atoms with van der Waals surface area (Å²) in [4.78, 5) is 12.7. The predicted molar refractivity (Wildman–Crippen MR) is 114 cm³/mol. The lowest BCUT2D eigenvalue weighted by Gasteiger charge is -2.29. The molecule has 2 fully saturated rings. The smallest absolute Gasteiger partial charge is 0.381 e. The van der Waals surface area contributed by atoms with Crippen LogP contribution in [0.3, 0.4) is 0 Å². The Labute approximate surface area is 185 Å². The molecule has 172 valence electrons. The molecule has 1 amide bonds. The monoisotopic (exact) mass is 449 g/mol. The molecule has 1 heterocycles. The quantitative estimate of drug-likeness (QED) is 0.541. The average Bonchev–Trinajstić information content (AvgIpc) is 3.28. The molecule has 3 nitrogen and oxygen atoms in total. The van der Waals surface area contributed by atoms with Crippen molar-refractivity contribution in [3.8, 4) is 0 Å². The molecule has 32 heavy (non-hydrogen) atoms. The van der Waals surface area contributed by atoms with Gasteiger partial charge in [-0.05, 0) is 73.3 Å². The van der Waals surface area contributed by atoms with Gasteiger partial charge in [0.2, 0.25) is 5.91 Å². The van der Waals surface area contributed by atoms with Crippen LogP contribution in [0.2, 0.25) is 0 Å². The number of amides is 1. The van der Waals surface area contributed by atoms with Crippen molar-refractivity contribution in [2.24, 2.45) is 11.8 Å². The zero-order valence-electron chi connectivity index (χ0n) is 17.8. The van der Waals surface area contributed by atoms with Gasteiger partial charge in [0, 0.05) is 19.1 Å². The molecule has 2 aromatic carbocycles. The second-order valence-corrected chi connectivity index (χ2v) is 8.92. The van der Waals surface area contributed by atoms with E-state index in [1.54, 1.807) is 0 Å². The minimum absolute atomic E-state index is 0.217. The van der Waals surface area contributed by atoms with Crippen molar-refractivity contribution in [1.82, 2.24) is 0 Å². The van der Waals surface area contributed by atoms with Gasteiger partial charge in [-0.2, -0.15) is 13.2 Å². The summed E-state index contributed by atoms with van der Waals surface area (Å²) >= 11 is 0. The summed E-state index contributed by atoms with van der Waals surface area (Å²) in [5.41, 5.74) is 1.18. The Balaban J connectivity index is 1.36. The van der Waals surface area contributed by atoms with Crippen LogP contribution in [-0.2, 0) is 22.1 Å². The van der Waals surface area contributed by atoms with Gasteiger partial charge in [-0.3, -0.25) is 4.79 Å². The molecule has 2 aromatic rings. The van der Waals surface area contributed by atoms with Gasteiger partial charge in [-0.25, -0.2) is 4.39 Å². The van der Waals surface area contributed by atoms with Gasteiger partial charge in [0.1, 0.15) is 5.82 Å². The minimum Gasteiger partial charge on any atom is -0.381 e. The van der Waals surface area contributed by atoms with Crippen molar-refractivity contribution in [3.63, 3.8) is 0 Å². The van der Waals surface area contributed by atoms with Crippen LogP contribution >= 0.6 is 0 Å². The van der Waals surface area contributed by atoms with E-state index < -0.39 is 17.6 Å². The molecule has 4 rings (SSSR count). The highest BCUT2D eigenvalue weighted by Gasteiger charge is 2.32. The van der Waals surface area contributed by atoms with E-state index in [2.05, 4.69) is 29.6 Å². The number of halogens is 4. The number of carbonyl (C=O) groups excluding carboxylic acids is 1. The van der Waals surface area contributed by atoms with E-state index in [0.717, 1.165) is 51.0 Å². The van der Waals surface area contributed by atoms with Gasteiger partial charge in [0.05, 0.1) is 11.3 Å². The number of benzene rings is 2. The van der Waals surface area contributed by atoms with E-state index in [4.69, 9.17) is 4.74 Å². The number of nitrogens with one attached hydrogen (secondary N) is 1. The number of hydrogen-bond acceptors (Lipinski definition) is 2. The third-order valence-corrected chi connectivity index (χ3v) is 6.60. The highest BCUT2D eigenvalue weighted by atomic mass is 19.4. The highest BCUT2D eigenvalue weighted by molar-refractivity contribution is 5.92. The van der Waals surface area contributed by atoms with Crippen LogP contribution in [0.5, 0.6) is 0 Å². The molecule has 1 aliphatic carbocycles. The first kappa shape index (κ1) is 22.8. The maximum Gasteiger partial charge on any atom is 0.416 e. The molecule has 1 N–H and O–H groups in total. The number of rotatable bonds is 5. The van der Waals surface area contributed by atoms with E-state index in [0.29, 0.717) is 24.8 Å². The summed E-state index contributed by atoms with van der Waals surface area (Å²) in [6, 6.07) is 10.7. The van der Waals surface area contributed by atoms with Gasteiger partial charge in [-0.1, -0.05) is 30.7 Å². The lowest BCUT2D eigenvalue weighted by Crippen LogP contribution is -2.28. The molecule has 1 saturated carbocycles. The minimum atomic E-state index is -4.62. The van der Waals surface area contributed by atoms with Crippen molar-refractivity contribution in [2.45, 2.75) is 50.6 Å². The predicted octanol–water partition coefficient (Wildman–Crippen LogP) is 6.34. The van der Waals surface area contributed by atoms with Gasteiger partial charge < -0.3 is 10.1 Å². The number of hydrogen-bond donors (Lipinski definition) is 1. The molecule has 2 aliphatic rings. The van der Waals surface area contributed by atoms with Crippen LogP contribution < -0.4 is 5.32 Å². The lowest BCUT2D eigenvalue weighted by atomic mass is 9.77. The molecule has 0 aromatic heterocycles. The second-order valence-electron chi connectivity index (χ2n) is 8.92. The van der Waals surface area contributed by atoms with E-state index in [1.807, 2.05) is 0 Å². The molecule has 7 heteroatoms. The summed E-state index contributed by atoms with van der Waals surface area (Å²) < 4.78 is 57.7. The Morgan fingerprint density at radius 2 is 1.84 bits per heavy atom. The van der Waals surface area contributed by atoms with Crippen LogP contribution in [0.1, 0.15) is 54.7 Å². The normalized spacial score (nSPS) is 23.8. The Morgan fingerprint density at radius 3 is 2.50 bits per heavy atom. The summed E-state index contributed by atoms with van der Waals surface area (Å²) in [6.07, 6.45) is 0.664. The fourth-order valence-corrected chi connectivity index (χ4v) is 4.76. The molecule has 3 atom stereocenters. The molecule has 1 aliphatic heterocycles. The number of anilines is 1. The van der Waals surface area contributed by atoms with Crippen LogP contribution in [0.25, 0.3) is 0 Å². The average molecular weight is 449 g/mol. The van der Waals surface area contributed by atoms with E-state index in [-0.39, 0.29) is 23.4 Å². The van der Waals surface area contributed by atoms with Crippen molar-refractivity contribution in [1.29, 1.82) is 0 Å². The first-order valence-electron chi connectivity index (χ1n) is 11.1. The maximum atomic E-state index is 14.1. The summed E-state index contributed by atoms with van der Waals surface area (Å²) in [7, 11) is 0. The first-order valence-corrected chi connectivity index (χ1v) is 11.1. The van der Waals surface area contributed by atoms with E-state index >= 15 is 0 Å². The molecule has 0 bridgehead atoms. The Bertz CT molecular complexity index is 936. The Hall–Kier alpha value is -2.41. The summed E-state index contributed by atoms with van der Waals surface area (Å²) in [6.45, 7) is 1.66. The van der Waals surface area contributed by atoms with Crippen LogP contribution in [-0.4, -0.2) is 19.1 Å². The Kier molecular flexibility index (Phi) is 6.84. The SMILES string of the molecule is O=C(Nc1ccc(C(F)(F)F)cc1F)C1CCCC(c2ccc(CC3CCOC3)cc2)C1. The van der Waals surface area contributed by atoms with Crippen molar-refractivity contribution < 1.29 is 27.1 Å². The zero-order chi connectivity index (χ0) is 22.7. The fourth-order valence-electron chi connectivity index (χ4n) is 4.76. The van der Waals surface area contributed by atoms with Crippen molar-refractivity contribution >= 4 is 11.6 Å². The fraction of sp³-hybridized carbons (Fsp3) is 0.480. The molecule has 0 radical (unpaired) electrons. The molecule has 0 spiro atoms. The van der Waals surface area contributed by atoms with E-state index in [1.165, 1.54) is 11.1 Å². The largest absolute Gasteiger partial charge is 0.416 e. The third kappa shape index (κ3) is 5.49. The molecule has 1 saturated heterocycles. The Morgan fingerprint density at radius 1 is 1.06 bits per heavy atom. The van der Waals surface area contributed by atoms with Crippen molar-refractivity contribution in [2.75, 3.05) is 18.5 Å². The first-order chi connectivity index (χ1) is 15.3. The highest BCUT2D eigenvalue weighted by Crippen LogP contribution is 2.37. The summed E-state index contributed by atoms with van der Waals surface area (Å²) in [5.74, 6) is -0.907. The number of ether oxygens (including phenoxy) is 1. The number of alkyl halides is 3. The van der Waals surface area contributed by atoms with Gasteiger partial charge in [0.25, 0.3) is 0 Å². The molecular formula is C25H27F4NO2. The number of carbonyl (C=O) groups is 1. The molecular weight excluding hydrogens is 422 g/mol. The standard InChI is InChI=1S/C25H27F4NO2/c26-22-14-21(25(27,28)29)8-9-23(22)30-24(31)20-3-1-2-19(13-20)18-6-4-16(5-7-18)12-17-10-11-32-15-17/h4-9,14,17,19-20H,1-3,10-13,15H2,(H,30,31). The second kappa shape index (κ2) is 9.61. The topological polar surface area (TPSA) is 38.3 Å². The third-order valence-electron chi connectivity index (χ3n) is 6.60. The van der Waals surface area contributed by atoms with E-state index in [9.17, 15) is 22.4 Å². The van der Waals surface area contributed by atoms with Crippen LogP contribution in [0, 0.1) is 17.7 Å². The van der Waals surface area contributed by atoms with Crippen LogP contribution in [0.15, 0.2) is 42.5 Å². The van der Waals surface area contributed by atoms with Gasteiger partial charge >= 0.3 is 6.18 Å². The molecule has 3 unspecified atom stereocenters. The van der Waals surface area contributed by atoms with Crippen LogP contribution in [0.4, 0.5) is 23.2 Å². The maximum absolute atomic E-state index is 14.1.